The van der Waals surface area contributed by atoms with E-state index in [1.165, 1.54) is 28.9 Å². The van der Waals surface area contributed by atoms with Crippen LogP contribution >= 0.6 is 0 Å². The molecular formula is C17H15N5O3. The van der Waals surface area contributed by atoms with Gasteiger partial charge in [-0.3, -0.25) is 14.9 Å². The van der Waals surface area contributed by atoms with Gasteiger partial charge in [0, 0.05) is 17.8 Å². The summed E-state index contributed by atoms with van der Waals surface area (Å²) in [5, 5.41) is 17.8. The Labute approximate surface area is 143 Å². The molecule has 0 bridgehead atoms. The van der Waals surface area contributed by atoms with E-state index in [0.29, 0.717) is 17.1 Å². The summed E-state index contributed by atoms with van der Waals surface area (Å²) in [7, 11) is 0. The van der Waals surface area contributed by atoms with Crippen LogP contribution in [-0.4, -0.2) is 20.6 Å². The molecule has 0 saturated carbocycles. The van der Waals surface area contributed by atoms with Crippen LogP contribution in [0.15, 0.2) is 54.6 Å². The standard InChI is InChI=1S/C17H15N5O3/c1-11-15(17(23)19-12-5-3-2-4-6-12)16(18)21(20-11)13-7-9-14(10-8-13)22(24)25/h2-10H,18H2,1H3,(H,19,23). The molecule has 25 heavy (non-hydrogen) atoms. The molecule has 126 valence electrons. The van der Waals surface area contributed by atoms with Gasteiger partial charge in [0.15, 0.2) is 0 Å². The van der Waals surface area contributed by atoms with Crippen LogP contribution in [-0.2, 0) is 0 Å². The Kier molecular flexibility index (Phi) is 4.17. The van der Waals surface area contributed by atoms with Crippen LogP contribution < -0.4 is 11.1 Å². The van der Waals surface area contributed by atoms with Crippen molar-refractivity contribution in [3.63, 3.8) is 0 Å². The predicted molar refractivity (Wildman–Crippen MR) is 93.8 cm³/mol. The third kappa shape index (κ3) is 3.18. The molecular weight excluding hydrogens is 322 g/mol. The van der Waals surface area contributed by atoms with Crippen molar-refractivity contribution in [1.29, 1.82) is 0 Å². The average Bonchev–Trinajstić information content (AvgIpc) is 2.90. The Morgan fingerprint density at radius 1 is 1.16 bits per heavy atom. The number of aryl methyl sites for hydroxylation is 1. The first-order valence-electron chi connectivity index (χ1n) is 7.43. The van der Waals surface area contributed by atoms with Gasteiger partial charge in [-0.15, -0.1) is 0 Å². The molecule has 2 aromatic carbocycles. The number of carbonyl (C=O) groups is 1. The average molecular weight is 337 g/mol. The summed E-state index contributed by atoms with van der Waals surface area (Å²) >= 11 is 0. The molecule has 3 aromatic rings. The SMILES string of the molecule is Cc1nn(-c2ccc([N+](=O)[O-])cc2)c(N)c1C(=O)Nc1ccccc1. The maximum Gasteiger partial charge on any atom is 0.269 e. The Balaban J connectivity index is 1.93. The summed E-state index contributed by atoms with van der Waals surface area (Å²) in [4.78, 5) is 22.8. The summed E-state index contributed by atoms with van der Waals surface area (Å²) in [5.74, 6) is -0.200. The summed E-state index contributed by atoms with van der Waals surface area (Å²) in [6.07, 6.45) is 0. The van der Waals surface area contributed by atoms with Crippen molar-refractivity contribution in [2.24, 2.45) is 0 Å². The van der Waals surface area contributed by atoms with Gasteiger partial charge in [0.05, 0.1) is 16.3 Å². The highest BCUT2D eigenvalue weighted by molar-refractivity contribution is 6.08. The highest BCUT2D eigenvalue weighted by atomic mass is 16.6. The molecule has 1 aromatic heterocycles. The highest BCUT2D eigenvalue weighted by Crippen LogP contribution is 2.23. The molecule has 3 N–H and O–H groups in total. The van der Waals surface area contributed by atoms with Crippen molar-refractivity contribution >= 4 is 23.1 Å². The van der Waals surface area contributed by atoms with Crippen LogP contribution in [0.2, 0.25) is 0 Å². The molecule has 0 saturated heterocycles. The molecule has 1 heterocycles. The smallest absolute Gasteiger partial charge is 0.269 e. The van der Waals surface area contributed by atoms with Crippen molar-refractivity contribution in [3.05, 3.63) is 76.0 Å². The van der Waals surface area contributed by atoms with E-state index in [0.717, 1.165) is 0 Å². The van der Waals surface area contributed by atoms with E-state index >= 15 is 0 Å². The molecule has 0 aliphatic rings. The fourth-order valence-electron chi connectivity index (χ4n) is 2.45. The van der Waals surface area contributed by atoms with Gasteiger partial charge < -0.3 is 11.1 Å². The third-order valence-corrected chi connectivity index (χ3v) is 3.66. The fourth-order valence-corrected chi connectivity index (χ4v) is 2.45. The number of para-hydroxylation sites is 1. The van der Waals surface area contributed by atoms with Gasteiger partial charge in [-0.05, 0) is 31.2 Å². The number of nitro benzene ring substituents is 1. The van der Waals surface area contributed by atoms with E-state index in [2.05, 4.69) is 10.4 Å². The molecule has 0 unspecified atom stereocenters. The molecule has 0 fully saturated rings. The monoisotopic (exact) mass is 337 g/mol. The number of nitro groups is 1. The van der Waals surface area contributed by atoms with Gasteiger partial charge in [0.25, 0.3) is 11.6 Å². The zero-order valence-corrected chi connectivity index (χ0v) is 13.3. The van der Waals surface area contributed by atoms with Crippen LogP contribution in [0.4, 0.5) is 17.2 Å². The second-order valence-corrected chi connectivity index (χ2v) is 5.35. The van der Waals surface area contributed by atoms with Gasteiger partial charge >= 0.3 is 0 Å². The topological polar surface area (TPSA) is 116 Å². The first-order valence-corrected chi connectivity index (χ1v) is 7.43. The van der Waals surface area contributed by atoms with Gasteiger partial charge in [-0.1, -0.05) is 18.2 Å². The second-order valence-electron chi connectivity index (χ2n) is 5.35. The zero-order chi connectivity index (χ0) is 18.0. The fraction of sp³-hybridized carbons (Fsp3) is 0.0588. The highest BCUT2D eigenvalue weighted by Gasteiger charge is 2.20. The van der Waals surface area contributed by atoms with Crippen molar-refractivity contribution in [1.82, 2.24) is 9.78 Å². The molecule has 3 rings (SSSR count). The molecule has 0 atom stereocenters. The molecule has 8 heteroatoms. The number of nitrogens with one attached hydrogen (secondary N) is 1. The molecule has 0 radical (unpaired) electrons. The maximum absolute atomic E-state index is 12.5. The molecule has 0 aliphatic heterocycles. The number of amides is 1. The quantitative estimate of drug-likeness (QED) is 0.561. The molecule has 0 spiro atoms. The van der Waals surface area contributed by atoms with Crippen LogP contribution in [0.1, 0.15) is 16.1 Å². The number of nitrogens with zero attached hydrogens (tertiary/aromatic N) is 3. The molecule has 0 aliphatic carbocycles. The number of anilines is 2. The van der Waals surface area contributed by atoms with Crippen LogP contribution in [0.25, 0.3) is 5.69 Å². The lowest BCUT2D eigenvalue weighted by atomic mass is 10.2. The van der Waals surface area contributed by atoms with Crippen molar-refractivity contribution in [2.45, 2.75) is 6.92 Å². The lowest BCUT2D eigenvalue weighted by molar-refractivity contribution is -0.384. The van der Waals surface area contributed by atoms with E-state index in [4.69, 9.17) is 5.73 Å². The van der Waals surface area contributed by atoms with Crippen LogP contribution in [0.5, 0.6) is 0 Å². The van der Waals surface area contributed by atoms with Crippen molar-refractivity contribution in [3.8, 4) is 5.69 Å². The molecule has 8 nitrogen and oxygen atoms in total. The van der Waals surface area contributed by atoms with Gasteiger partial charge in [-0.25, -0.2) is 4.68 Å². The number of nitrogen functional groups attached to an aromatic ring is 1. The number of aromatic nitrogens is 2. The minimum absolute atomic E-state index is 0.0340. The third-order valence-electron chi connectivity index (χ3n) is 3.66. The minimum atomic E-state index is -0.486. The van der Waals surface area contributed by atoms with Gasteiger partial charge in [0.2, 0.25) is 0 Å². The zero-order valence-electron chi connectivity index (χ0n) is 13.3. The summed E-state index contributed by atoms with van der Waals surface area (Å²) in [6.45, 7) is 1.68. The maximum atomic E-state index is 12.5. The van der Waals surface area contributed by atoms with Crippen LogP contribution in [0.3, 0.4) is 0 Å². The number of benzene rings is 2. The van der Waals surface area contributed by atoms with E-state index in [-0.39, 0.29) is 23.0 Å². The number of non-ortho nitro benzene ring substituents is 1. The summed E-state index contributed by atoms with van der Waals surface area (Å²) in [6, 6.07) is 14.8. The number of hydrogen-bond donors (Lipinski definition) is 2. The summed E-state index contributed by atoms with van der Waals surface area (Å²) < 4.78 is 1.39. The van der Waals surface area contributed by atoms with E-state index < -0.39 is 4.92 Å². The minimum Gasteiger partial charge on any atom is -0.383 e. The number of nitrogens with two attached hydrogens (primary N) is 1. The number of hydrogen-bond acceptors (Lipinski definition) is 5. The van der Waals surface area contributed by atoms with Gasteiger partial charge in [-0.2, -0.15) is 5.10 Å². The number of carbonyl (C=O) groups excluding carboxylic acids is 1. The predicted octanol–water partition coefficient (Wildman–Crippen LogP) is 2.92. The largest absolute Gasteiger partial charge is 0.383 e. The summed E-state index contributed by atoms with van der Waals surface area (Å²) in [5.41, 5.74) is 7.97. The lowest BCUT2D eigenvalue weighted by Gasteiger charge is -2.06. The Hall–Kier alpha value is -3.68. The van der Waals surface area contributed by atoms with Crippen molar-refractivity contribution in [2.75, 3.05) is 11.1 Å². The van der Waals surface area contributed by atoms with E-state index in [9.17, 15) is 14.9 Å². The normalized spacial score (nSPS) is 10.4. The molecule has 1 amide bonds. The van der Waals surface area contributed by atoms with Crippen LogP contribution in [0, 0.1) is 17.0 Å². The first-order chi connectivity index (χ1) is 12.0. The van der Waals surface area contributed by atoms with Crippen molar-refractivity contribution < 1.29 is 9.72 Å². The Bertz CT molecular complexity index is 933. The Morgan fingerprint density at radius 3 is 2.40 bits per heavy atom. The number of rotatable bonds is 4. The lowest BCUT2D eigenvalue weighted by Crippen LogP contribution is -2.14. The van der Waals surface area contributed by atoms with Gasteiger partial charge in [0.1, 0.15) is 11.4 Å². The second kappa shape index (κ2) is 6.44. The van der Waals surface area contributed by atoms with E-state index in [1.807, 2.05) is 18.2 Å². The Morgan fingerprint density at radius 2 is 1.80 bits per heavy atom. The van der Waals surface area contributed by atoms with E-state index in [1.54, 1.807) is 19.1 Å². The first kappa shape index (κ1) is 16.2.